The maximum absolute atomic E-state index is 13.3. The van der Waals surface area contributed by atoms with Gasteiger partial charge in [0.2, 0.25) is 0 Å². The molecule has 1 aliphatic heterocycles. The maximum Gasteiger partial charge on any atom is 0.251 e. The number of hydrogen-bond acceptors (Lipinski definition) is 5. The van der Waals surface area contributed by atoms with Crippen LogP contribution in [0, 0.1) is 16.6 Å². The van der Waals surface area contributed by atoms with Crippen molar-refractivity contribution in [3.05, 3.63) is 119 Å². The monoisotopic (exact) mass is 504 g/mol. The maximum atomic E-state index is 13.3. The number of para-hydroxylation sites is 1. The number of pyridine rings is 1. The van der Waals surface area contributed by atoms with Gasteiger partial charge >= 0.3 is 0 Å². The average molecular weight is 505 g/mol. The number of amidine groups is 2. The first-order valence-corrected chi connectivity index (χ1v) is 12.4. The quantitative estimate of drug-likeness (QED) is 0.204. The minimum absolute atomic E-state index is 0.146. The standard InChI is InChI=1S/C30H25FN6O/c31-22-14-10-20(11-15-22)29(38)36-30(16-4-17-30)21-12-8-19(9-13-21)26(32)37-25-7-3-18-34-28(25)35-24-6-2-1-5-23(24)27(37)33/h1-3,5-15,18,32-33H,4,16-17H2,(H,34,35)(H,36,38). The first-order valence-electron chi connectivity index (χ1n) is 12.4. The summed E-state index contributed by atoms with van der Waals surface area (Å²) in [7, 11) is 0. The summed E-state index contributed by atoms with van der Waals surface area (Å²) < 4.78 is 13.3. The summed E-state index contributed by atoms with van der Waals surface area (Å²) in [4.78, 5) is 18.9. The highest BCUT2D eigenvalue weighted by molar-refractivity contribution is 6.30. The zero-order chi connectivity index (χ0) is 26.3. The van der Waals surface area contributed by atoms with Gasteiger partial charge in [0, 0.05) is 22.9 Å². The van der Waals surface area contributed by atoms with Crippen LogP contribution in [0.25, 0.3) is 0 Å². The minimum Gasteiger partial charge on any atom is -0.343 e. The first kappa shape index (κ1) is 23.5. The number of nitrogens with zero attached hydrogens (tertiary/aromatic N) is 2. The molecule has 188 valence electrons. The van der Waals surface area contributed by atoms with Crippen LogP contribution in [0.1, 0.15) is 46.3 Å². The minimum atomic E-state index is -0.499. The van der Waals surface area contributed by atoms with Gasteiger partial charge in [-0.15, -0.1) is 0 Å². The van der Waals surface area contributed by atoms with Crippen LogP contribution in [-0.2, 0) is 5.54 Å². The Morgan fingerprint density at radius 1 is 0.947 bits per heavy atom. The normalized spacial score (nSPS) is 15.3. The van der Waals surface area contributed by atoms with E-state index in [0.717, 1.165) is 30.5 Å². The van der Waals surface area contributed by atoms with E-state index in [1.807, 2.05) is 54.6 Å². The molecule has 2 aliphatic rings. The molecule has 1 amide bonds. The van der Waals surface area contributed by atoms with Crippen molar-refractivity contribution in [3.63, 3.8) is 0 Å². The molecule has 6 rings (SSSR count). The van der Waals surface area contributed by atoms with E-state index in [1.165, 1.54) is 24.3 Å². The molecule has 3 aromatic carbocycles. The summed E-state index contributed by atoms with van der Waals surface area (Å²) in [6.45, 7) is 0. The number of halogens is 1. The largest absolute Gasteiger partial charge is 0.343 e. The molecule has 7 nitrogen and oxygen atoms in total. The number of aromatic nitrogens is 1. The zero-order valence-electron chi connectivity index (χ0n) is 20.5. The SMILES string of the molecule is N=C(c1ccc(C2(NC(=O)c3ccc(F)cc3)CCC2)cc1)N1C(=N)c2ccccc2Nc2ncccc21. The summed E-state index contributed by atoms with van der Waals surface area (Å²) in [5.74, 6) is 0.270. The third kappa shape index (κ3) is 4.00. The number of fused-ring (bicyclic) bond motifs is 2. The first-order chi connectivity index (χ1) is 18.4. The lowest BCUT2D eigenvalue weighted by atomic mass is 9.71. The fraction of sp³-hybridized carbons (Fsp3) is 0.133. The molecular weight excluding hydrogens is 479 g/mol. The zero-order valence-corrected chi connectivity index (χ0v) is 20.5. The lowest BCUT2D eigenvalue weighted by Crippen LogP contribution is -2.50. The molecule has 4 aromatic rings. The van der Waals surface area contributed by atoms with E-state index in [2.05, 4.69) is 15.6 Å². The Morgan fingerprint density at radius 3 is 2.37 bits per heavy atom. The van der Waals surface area contributed by atoms with Crippen LogP contribution in [0.5, 0.6) is 0 Å². The predicted octanol–water partition coefficient (Wildman–Crippen LogP) is 5.94. The molecular formula is C30H25FN6O. The number of rotatable bonds is 4. The summed E-state index contributed by atoms with van der Waals surface area (Å²) in [5.41, 5.74) is 3.54. The fourth-order valence-corrected chi connectivity index (χ4v) is 5.06. The van der Waals surface area contributed by atoms with Gasteiger partial charge in [0.25, 0.3) is 5.91 Å². The van der Waals surface area contributed by atoms with Crippen molar-refractivity contribution in [3.8, 4) is 0 Å². The third-order valence-corrected chi connectivity index (χ3v) is 7.29. The molecule has 4 N–H and O–H groups in total. The van der Waals surface area contributed by atoms with E-state index in [0.29, 0.717) is 28.2 Å². The molecule has 2 heterocycles. The number of anilines is 3. The molecule has 0 unspecified atom stereocenters. The summed E-state index contributed by atoms with van der Waals surface area (Å²) in [6.07, 6.45) is 4.27. The molecule has 0 bridgehead atoms. The van der Waals surface area contributed by atoms with Gasteiger partial charge < -0.3 is 10.6 Å². The predicted molar refractivity (Wildman–Crippen MR) is 146 cm³/mol. The summed E-state index contributed by atoms with van der Waals surface area (Å²) in [5, 5.41) is 24.5. The van der Waals surface area contributed by atoms with Crippen molar-refractivity contribution in [2.75, 3.05) is 10.2 Å². The van der Waals surface area contributed by atoms with E-state index in [-0.39, 0.29) is 23.4 Å². The Balaban J connectivity index is 1.29. The highest BCUT2D eigenvalue weighted by Gasteiger charge is 2.40. The molecule has 1 aromatic heterocycles. The van der Waals surface area contributed by atoms with E-state index >= 15 is 0 Å². The number of hydrogen-bond donors (Lipinski definition) is 4. The van der Waals surface area contributed by atoms with Gasteiger partial charge in [-0.2, -0.15) is 0 Å². The van der Waals surface area contributed by atoms with Crippen LogP contribution in [0.2, 0.25) is 0 Å². The number of nitrogens with one attached hydrogen (secondary N) is 4. The van der Waals surface area contributed by atoms with E-state index in [1.54, 1.807) is 17.2 Å². The van der Waals surface area contributed by atoms with Crippen molar-refractivity contribution >= 4 is 34.8 Å². The van der Waals surface area contributed by atoms with Crippen molar-refractivity contribution < 1.29 is 9.18 Å². The van der Waals surface area contributed by atoms with Gasteiger partial charge in [-0.25, -0.2) is 9.37 Å². The van der Waals surface area contributed by atoms with Crippen LogP contribution >= 0.6 is 0 Å². The second-order valence-corrected chi connectivity index (χ2v) is 9.55. The molecule has 1 aliphatic carbocycles. The Labute approximate surface area is 219 Å². The van der Waals surface area contributed by atoms with Gasteiger partial charge in [0.05, 0.1) is 16.9 Å². The van der Waals surface area contributed by atoms with Crippen LogP contribution in [0.4, 0.5) is 21.6 Å². The lowest BCUT2D eigenvalue weighted by Gasteiger charge is -2.43. The Hall–Kier alpha value is -4.85. The average Bonchev–Trinajstić information content (AvgIpc) is 3.04. The molecule has 8 heteroatoms. The number of carbonyl (C=O) groups excluding carboxylic acids is 1. The molecule has 0 radical (unpaired) electrons. The van der Waals surface area contributed by atoms with Crippen LogP contribution in [-0.4, -0.2) is 22.6 Å². The molecule has 1 saturated carbocycles. The molecule has 0 atom stereocenters. The fourth-order valence-electron chi connectivity index (χ4n) is 5.06. The Morgan fingerprint density at radius 2 is 1.66 bits per heavy atom. The van der Waals surface area contributed by atoms with Gasteiger partial charge in [0.15, 0.2) is 5.82 Å². The van der Waals surface area contributed by atoms with Crippen molar-refractivity contribution in [1.82, 2.24) is 10.3 Å². The highest BCUT2D eigenvalue weighted by Crippen LogP contribution is 2.42. The van der Waals surface area contributed by atoms with E-state index in [4.69, 9.17) is 10.8 Å². The molecule has 1 fully saturated rings. The molecule has 38 heavy (non-hydrogen) atoms. The lowest BCUT2D eigenvalue weighted by molar-refractivity contribution is 0.0823. The molecule has 0 spiro atoms. The van der Waals surface area contributed by atoms with Crippen molar-refractivity contribution in [2.45, 2.75) is 24.8 Å². The number of benzene rings is 3. The second kappa shape index (κ2) is 9.23. The van der Waals surface area contributed by atoms with Crippen molar-refractivity contribution in [1.29, 1.82) is 10.8 Å². The van der Waals surface area contributed by atoms with Crippen LogP contribution in [0.15, 0.2) is 91.1 Å². The molecule has 0 saturated heterocycles. The summed E-state index contributed by atoms with van der Waals surface area (Å²) >= 11 is 0. The number of carbonyl (C=O) groups is 1. The Kier molecular flexibility index (Phi) is 5.72. The van der Waals surface area contributed by atoms with Crippen LogP contribution in [0.3, 0.4) is 0 Å². The third-order valence-electron chi connectivity index (χ3n) is 7.29. The highest BCUT2D eigenvalue weighted by atomic mass is 19.1. The number of amides is 1. The van der Waals surface area contributed by atoms with Gasteiger partial charge in [-0.3, -0.25) is 20.5 Å². The summed E-state index contributed by atoms with van der Waals surface area (Å²) in [6, 6.07) is 24.3. The van der Waals surface area contributed by atoms with Gasteiger partial charge in [-0.05, 0) is 73.4 Å². The van der Waals surface area contributed by atoms with E-state index in [9.17, 15) is 9.18 Å². The van der Waals surface area contributed by atoms with Gasteiger partial charge in [-0.1, -0.05) is 36.4 Å². The Bertz CT molecular complexity index is 1560. The van der Waals surface area contributed by atoms with Gasteiger partial charge in [0.1, 0.15) is 17.5 Å². The second-order valence-electron chi connectivity index (χ2n) is 9.55. The van der Waals surface area contributed by atoms with E-state index < -0.39 is 5.54 Å². The van der Waals surface area contributed by atoms with Crippen molar-refractivity contribution in [2.24, 2.45) is 0 Å². The van der Waals surface area contributed by atoms with Crippen LogP contribution < -0.4 is 15.5 Å². The smallest absolute Gasteiger partial charge is 0.251 e. The topological polar surface area (TPSA) is 105 Å².